The van der Waals surface area contributed by atoms with E-state index >= 15 is 0 Å². The Labute approximate surface area is 161 Å². The average Bonchev–Trinajstić information content (AvgIpc) is 3.11. The molecule has 8 heteroatoms. The number of nitro benzene ring substituents is 1. The fraction of sp³-hybridized carbons (Fsp3) is 0.300. The number of rotatable bonds is 4. The van der Waals surface area contributed by atoms with Crippen LogP contribution in [0.2, 0.25) is 0 Å². The number of nitro groups is 1. The summed E-state index contributed by atoms with van der Waals surface area (Å²) in [5.41, 5.74) is 2.11. The number of carbonyl (C=O) groups is 2. The molecule has 0 fully saturated rings. The minimum absolute atomic E-state index is 0.0374. The molecule has 2 heterocycles. The molecule has 1 unspecified atom stereocenters. The number of amides is 2. The Bertz CT molecular complexity index is 974. The molecule has 144 valence electrons. The zero-order chi connectivity index (χ0) is 19.8. The summed E-state index contributed by atoms with van der Waals surface area (Å²) in [5.74, 6) is 0.261. The standard InChI is InChI=1S/C20H19N3O5/c1-13-20(25)22(16-4-2-3-5-18(16)28-13)11-9-19(24)21-10-8-14-6-7-15(23(26)27)12-17(14)21/h2-7,12-13H,8-11H2,1H3. The number of nitrogens with zero attached hydrogens (tertiary/aromatic N) is 3. The molecular formula is C20H19N3O5. The van der Waals surface area contributed by atoms with Gasteiger partial charge >= 0.3 is 0 Å². The van der Waals surface area contributed by atoms with Gasteiger partial charge in [-0.2, -0.15) is 0 Å². The van der Waals surface area contributed by atoms with Gasteiger partial charge in [-0.25, -0.2) is 0 Å². The quantitative estimate of drug-likeness (QED) is 0.600. The van der Waals surface area contributed by atoms with E-state index in [9.17, 15) is 19.7 Å². The molecule has 0 aliphatic carbocycles. The van der Waals surface area contributed by atoms with E-state index < -0.39 is 11.0 Å². The van der Waals surface area contributed by atoms with Crippen LogP contribution in [0, 0.1) is 10.1 Å². The summed E-state index contributed by atoms with van der Waals surface area (Å²) in [6, 6.07) is 11.8. The summed E-state index contributed by atoms with van der Waals surface area (Å²) in [6.45, 7) is 2.39. The molecule has 0 bridgehead atoms. The van der Waals surface area contributed by atoms with Crippen LogP contribution in [0.1, 0.15) is 18.9 Å². The van der Waals surface area contributed by atoms with E-state index in [1.165, 1.54) is 12.1 Å². The molecule has 0 saturated carbocycles. The predicted octanol–water partition coefficient (Wildman–Crippen LogP) is 2.69. The Morgan fingerprint density at radius 3 is 2.82 bits per heavy atom. The van der Waals surface area contributed by atoms with Crippen molar-refractivity contribution in [3.05, 3.63) is 58.1 Å². The molecule has 1 atom stereocenters. The highest BCUT2D eigenvalue weighted by Crippen LogP contribution is 2.35. The molecule has 2 aromatic rings. The second-order valence-electron chi connectivity index (χ2n) is 6.83. The van der Waals surface area contributed by atoms with E-state index in [-0.39, 0.29) is 30.5 Å². The van der Waals surface area contributed by atoms with Gasteiger partial charge < -0.3 is 14.5 Å². The first-order valence-electron chi connectivity index (χ1n) is 9.10. The maximum Gasteiger partial charge on any atom is 0.271 e. The minimum Gasteiger partial charge on any atom is -0.479 e. The van der Waals surface area contributed by atoms with E-state index in [1.807, 2.05) is 12.1 Å². The maximum atomic E-state index is 12.8. The molecule has 8 nitrogen and oxygen atoms in total. The van der Waals surface area contributed by atoms with Crippen LogP contribution in [0.25, 0.3) is 0 Å². The number of carbonyl (C=O) groups excluding carboxylic acids is 2. The molecule has 2 aliphatic rings. The number of para-hydroxylation sites is 2. The van der Waals surface area contributed by atoms with Crippen molar-refractivity contribution < 1.29 is 19.2 Å². The molecule has 2 aliphatic heterocycles. The van der Waals surface area contributed by atoms with Crippen LogP contribution in [0.5, 0.6) is 5.75 Å². The highest BCUT2D eigenvalue weighted by Gasteiger charge is 2.32. The van der Waals surface area contributed by atoms with E-state index in [0.29, 0.717) is 30.1 Å². The summed E-state index contributed by atoms with van der Waals surface area (Å²) >= 11 is 0. The molecule has 0 spiro atoms. The Balaban J connectivity index is 1.51. The fourth-order valence-electron chi connectivity index (χ4n) is 3.67. The lowest BCUT2D eigenvalue weighted by Crippen LogP contribution is -2.46. The number of non-ortho nitro benzene ring substituents is 1. The lowest BCUT2D eigenvalue weighted by Gasteiger charge is -2.33. The van der Waals surface area contributed by atoms with Crippen LogP contribution in [-0.2, 0) is 16.0 Å². The van der Waals surface area contributed by atoms with E-state index in [4.69, 9.17) is 4.74 Å². The van der Waals surface area contributed by atoms with Gasteiger partial charge in [0.2, 0.25) is 5.91 Å². The topological polar surface area (TPSA) is 93.0 Å². The van der Waals surface area contributed by atoms with Gasteiger partial charge in [-0.15, -0.1) is 0 Å². The van der Waals surface area contributed by atoms with Crippen molar-refractivity contribution in [2.45, 2.75) is 25.9 Å². The monoisotopic (exact) mass is 381 g/mol. The lowest BCUT2D eigenvalue weighted by atomic mass is 10.1. The zero-order valence-electron chi connectivity index (χ0n) is 15.3. The van der Waals surface area contributed by atoms with Gasteiger partial charge in [0.1, 0.15) is 5.75 Å². The number of hydrogen-bond donors (Lipinski definition) is 0. The zero-order valence-corrected chi connectivity index (χ0v) is 15.3. The van der Waals surface area contributed by atoms with Crippen molar-refractivity contribution in [2.24, 2.45) is 0 Å². The van der Waals surface area contributed by atoms with Crippen molar-refractivity contribution in [2.75, 3.05) is 22.9 Å². The van der Waals surface area contributed by atoms with Crippen molar-refractivity contribution >= 4 is 28.9 Å². The summed E-state index contributed by atoms with van der Waals surface area (Å²) in [6.07, 6.45) is 0.171. The maximum absolute atomic E-state index is 12.8. The van der Waals surface area contributed by atoms with Crippen molar-refractivity contribution in [1.82, 2.24) is 0 Å². The third kappa shape index (κ3) is 3.06. The third-order valence-corrected chi connectivity index (χ3v) is 5.10. The second-order valence-corrected chi connectivity index (χ2v) is 6.83. The average molecular weight is 381 g/mol. The Hall–Kier alpha value is -3.42. The summed E-state index contributed by atoms with van der Waals surface area (Å²) in [7, 11) is 0. The highest BCUT2D eigenvalue weighted by molar-refractivity contribution is 6.01. The predicted molar refractivity (Wildman–Crippen MR) is 103 cm³/mol. The van der Waals surface area contributed by atoms with Gasteiger partial charge in [0.15, 0.2) is 6.10 Å². The SMILES string of the molecule is CC1Oc2ccccc2N(CCC(=O)N2CCc3ccc([N+](=O)[O-])cc32)C1=O. The number of hydrogen-bond acceptors (Lipinski definition) is 5. The molecular weight excluding hydrogens is 362 g/mol. The second kappa shape index (κ2) is 6.95. The summed E-state index contributed by atoms with van der Waals surface area (Å²) in [4.78, 5) is 39.1. The first-order valence-corrected chi connectivity index (χ1v) is 9.10. The van der Waals surface area contributed by atoms with Crippen molar-refractivity contribution in [3.8, 4) is 5.75 Å². The van der Waals surface area contributed by atoms with Crippen LogP contribution in [0.3, 0.4) is 0 Å². The van der Waals surface area contributed by atoms with E-state index in [2.05, 4.69) is 0 Å². The van der Waals surface area contributed by atoms with Gasteiger partial charge in [-0.3, -0.25) is 19.7 Å². The molecule has 0 radical (unpaired) electrons. The third-order valence-electron chi connectivity index (χ3n) is 5.10. The van der Waals surface area contributed by atoms with Crippen LogP contribution in [0.4, 0.5) is 17.1 Å². The molecule has 4 rings (SSSR count). The fourth-order valence-corrected chi connectivity index (χ4v) is 3.67. The normalized spacial score (nSPS) is 17.8. The number of benzene rings is 2. The lowest BCUT2D eigenvalue weighted by molar-refractivity contribution is -0.384. The Morgan fingerprint density at radius 1 is 1.25 bits per heavy atom. The largest absolute Gasteiger partial charge is 0.479 e. The Kier molecular flexibility index (Phi) is 4.46. The smallest absolute Gasteiger partial charge is 0.271 e. The Morgan fingerprint density at radius 2 is 2.04 bits per heavy atom. The number of ether oxygens (including phenoxy) is 1. The number of fused-ring (bicyclic) bond motifs is 2. The van der Waals surface area contributed by atoms with E-state index in [0.717, 1.165) is 5.56 Å². The number of anilines is 2. The van der Waals surface area contributed by atoms with Crippen molar-refractivity contribution in [3.63, 3.8) is 0 Å². The van der Waals surface area contributed by atoms with Crippen molar-refractivity contribution in [1.29, 1.82) is 0 Å². The first kappa shape index (κ1) is 18.0. The molecule has 0 N–H and O–H groups in total. The summed E-state index contributed by atoms with van der Waals surface area (Å²) in [5, 5.41) is 11.0. The van der Waals surface area contributed by atoms with Gasteiger partial charge in [-0.05, 0) is 31.0 Å². The minimum atomic E-state index is -0.611. The first-order chi connectivity index (χ1) is 13.5. The van der Waals surface area contributed by atoms with Crippen LogP contribution >= 0.6 is 0 Å². The van der Waals surface area contributed by atoms with Gasteiger partial charge in [0, 0.05) is 31.6 Å². The molecule has 0 aromatic heterocycles. The van der Waals surface area contributed by atoms with Crippen LogP contribution in [-0.4, -0.2) is 35.9 Å². The van der Waals surface area contributed by atoms with Gasteiger partial charge in [0.25, 0.3) is 11.6 Å². The molecule has 28 heavy (non-hydrogen) atoms. The van der Waals surface area contributed by atoms with Crippen LogP contribution < -0.4 is 14.5 Å². The summed E-state index contributed by atoms with van der Waals surface area (Å²) < 4.78 is 5.61. The molecule has 2 aromatic carbocycles. The van der Waals surface area contributed by atoms with Crippen LogP contribution in [0.15, 0.2) is 42.5 Å². The van der Waals surface area contributed by atoms with Gasteiger partial charge in [0.05, 0.1) is 16.3 Å². The van der Waals surface area contributed by atoms with Gasteiger partial charge in [-0.1, -0.05) is 18.2 Å². The van der Waals surface area contributed by atoms with E-state index in [1.54, 1.807) is 34.9 Å². The molecule has 0 saturated heterocycles. The highest BCUT2D eigenvalue weighted by atomic mass is 16.6. The molecule has 2 amide bonds.